The van der Waals surface area contributed by atoms with Crippen molar-refractivity contribution >= 4 is 15.9 Å². The van der Waals surface area contributed by atoms with E-state index in [1.165, 1.54) is 0 Å². The molecule has 23 heavy (non-hydrogen) atoms. The Morgan fingerprint density at radius 3 is 2.70 bits per heavy atom. The smallest absolute Gasteiger partial charge is 0.115 e. The Hall–Kier alpha value is -2.20. The molecule has 0 aliphatic rings. The lowest BCUT2D eigenvalue weighted by Crippen LogP contribution is -2.05. The van der Waals surface area contributed by atoms with Crippen LogP contribution in [-0.2, 0) is 0 Å². The predicted molar refractivity (Wildman–Crippen MR) is 97.4 cm³/mol. The van der Waals surface area contributed by atoms with Crippen molar-refractivity contribution in [1.29, 1.82) is 0 Å². The maximum atomic E-state index is 4.59. The van der Waals surface area contributed by atoms with Crippen molar-refractivity contribution in [3.8, 4) is 11.3 Å². The first kappa shape index (κ1) is 15.7. The summed E-state index contributed by atoms with van der Waals surface area (Å²) in [5.41, 5.74) is 4.25. The Morgan fingerprint density at radius 1 is 1.17 bits per heavy atom. The third-order valence-electron chi connectivity index (χ3n) is 3.78. The molecule has 2 aromatic heterocycles. The van der Waals surface area contributed by atoms with Gasteiger partial charge in [-0.25, -0.2) is 4.98 Å². The van der Waals surface area contributed by atoms with Gasteiger partial charge in [0, 0.05) is 16.2 Å². The minimum Gasteiger partial charge on any atom is -0.341 e. The van der Waals surface area contributed by atoms with Crippen molar-refractivity contribution < 1.29 is 0 Å². The number of hydrogen-bond donors (Lipinski definition) is 1. The number of H-pyrrole nitrogens is 1. The molecule has 3 aromatic rings. The first-order valence-corrected chi connectivity index (χ1v) is 8.31. The van der Waals surface area contributed by atoms with Gasteiger partial charge >= 0.3 is 0 Å². The summed E-state index contributed by atoms with van der Waals surface area (Å²) in [5.74, 6) is 0.997. The molecule has 0 saturated heterocycles. The molecule has 1 N–H and O–H groups in total. The largest absolute Gasteiger partial charge is 0.341 e. The number of aromatic amines is 1. The highest BCUT2D eigenvalue weighted by Crippen LogP contribution is 2.30. The molecule has 4 heteroatoms. The van der Waals surface area contributed by atoms with Gasteiger partial charge < -0.3 is 4.98 Å². The second kappa shape index (κ2) is 6.92. The summed E-state index contributed by atoms with van der Waals surface area (Å²) in [6.07, 6.45) is 6.47. The van der Waals surface area contributed by atoms with E-state index in [1.807, 2.05) is 43.6 Å². The van der Waals surface area contributed by atoms with E-state index in [1.54, 1.807) is 0 Å². The lowest BCUT2D eigenvalue weighted by atomic mass is 9.99. The molecular weight excluding hydrogens is 350 g/mol. The Balaban J connectivity index is 1.97. The number of halogens is 1. The van der Waals surface area contributed by atoms with Crippen LogP contribution in [0, 0.1) is 6.92 Å². The van der Waals surface area contributed by atoms with Gasteiger partial charge in [0.05, 0.1) is 23.5 Å². The van der Waals surface area contributed by atoms with Gasteiger partial charge in [0.25, 0.3) is 0 Å². The van der Waals surface area contributed by atoms with Crippen LogP contribution in [0.3, 0.4) is 0 Å². The van der Waals surface area contributed by atoms with Crippen molar-refractivity contribution in [3.63, 3.8) is 0 Å². The van der Waals surface area contributed by atoms with Crippen LogP contribution in [0.25, 0.3) is 11.3 Å². The Kier molecular flexibility index (Phi) is 4.72. The minimum absolute atomic E-state index is 0.0873. The third-order valence-corrected chi connectivity index (χ3v) is 4.47. The van der Waals surface area contributed by atoms with Gasteiger partial charge in [-0.15, -0.1) is 6.58 Å². The number of imidazole rings is 1. The van der Waals surface area contributed by atoms with E-state index in [9.17, 15) is 0 Å². The number of allylic oxidation sites excluding steroid dienone is 1. The lowest BCUT2D eigenvalue weighted by Gasteiger charge is -2.12. The summed E-state index contributed by atoms with van der Waals surface area (Å²) in [6, 6.07) is 12.2. The molecule has 116 valence electrons. The van der Waals surface area contributed by atoms with Crippen LogP contribution in [0.2, 0.25) is 0 Å². The second-order valence-electron chi connectivity index (χ2n) is 5.50. The van der Waals surface area contributed by atoms with Gasteiger partial charge in [-0.2, -0.15) is 0 Å². The molecule has 3 nitrogen and oxygen atoms in total. The van der Waals surface area contributed by atoms with E-state index in [0.717, 1.165) is 39.2 Å². The molecule has 0 aliphatic heterocycles. The summed E-state index contributed by atoms with van der Waals surface area (Å²) in [6.45, 7) is 5.91. The molecule has 3 rings (SSSR count). The van der Waals surface area contributed by atoms with Gasteiger partial charge in [-0.1, -0.05) is 46.3 Å². The topological polar surface area (TPSA) is 41.6 Å². The second-order valence-corrected chi connectivity index (χ2v) is 6.35. The highest BCUT2D eigenvalue weighted by atomic mass is 79.9. The van der Waals surface area contributed by atoms with Gasteiger partial charge in [-0.3, -0.25) is 4.98 Å². The Bertz CT molecular complexity index is 805. The fourth-order valence-corrected chi connectivity index (χ4v) is 3.05. The van der Waals surface area contributed by atoms with Crippen LogP contribution in [0.1, 0.15) is 29.4 Å². The van der Waals surface area contributed by atoms with E-state index >= 15 is 0 Å². The quantitative estimate of drug-likeness (QED) is 0.625. The summed E-state index contributed by atoms with van der Waals surface area (Å²) >= 11 is 3.59. The fourth-order valence-electron chi connectivity index (χ4n) is 2.55. The SMILES string of the molecule is C=CCC(c1ccc(C)cn1)c1ncc(-c2ccccc2Br)[nH]1. The number of nitrogens with one attached hydrogen (secondary N) is 1. The fraction of sp³-hybridized carbons (Fsp3) is 0.158. The van der Waals surface area contributed by atoms with Crippen LogP contribution >= 0.6 is 15.9 Å². The molecule has 0 saturated carbocycles. The number of hydrogen-bond acceptors (Lipinski definition) is 2. The van der Waals surface area contributed by atoms with Gasteiger partial charge in [0.2, 0.25) is 0 Å². The number of rotatable bonds is 5. The maximum absolute atomic E-state index is 4.59. The van der Waals surface area contributed by atoms with Crippen molar-refractivity contribution in [2.45, 2.75) is 19.3 Å². The molecular formula is C19H18BrN3. The number of nitrogens with zero attached hydrogens (tertiary/aromatic N) is 2. The standard InChI is InChI=1S/C19H18BrN3/c1-3-6-15(17-10-9-13(2)11-21-17)19-22-12-18(23-19)14-7-4-5-8-16(14)20/h3-5,7-12,15H,1,6H2,2H3,(H,22,23). The first-order chi connectivity index (χ1) is 11.2. The van der Waals surface area contributed by atoms with Crippen molar-refractivity contribution in [3.05, 3.63) is 83.0 Å². The Labute approximate surface area is 144 Å². The molecule has 0 bridgehead atoms. The van der Waals surface area contributed by atoms with E-state index in [-0.39, 0.29) is 5.92 Å². The van der Waals surface area contributed by atoms with Crippen LogP contribution in [0.5, 0.6) is 0 Å². The molecule has 0 aliphatic carbocycles. The number of benzene rings is 1. The highest BCUT2D eigenvalue weighted by molar-refractivity contribution is 9.10. The molecule has 0 amide bonds. The van der Waals surface area contributed by atoms with Gasteiger partial charge in [-0.05, 0) is 31.0 Å². The number of aromatic nitrogens is 3. The monoisotopic (exact) mass is 367 g/mol. The molecule has 0 spiro atoms. The molecule has 1 atom stereocenters. The van der Waals surface area contributed by atoms with Crippen LogP contribution in [0.4, 0.5) is 0 Å². The summed E-state index contributed by atoms with van der Waals surface area (Å²) < 4.78 is 1.05. The zero-order valence-electron chi connectivity index (χ0n) is 13.0. The molecule has 2 heterocycles. The van der Waals surface area contributed by atoms with Crippen molar-refractivity contribution in [1.82, 2.24) is 15.0 Å². The zero-order valence-corrected chi connectivity index (χ0v) is 14.5. The molecule has 0 radical (unpaired) electrons. The predicted octanol–water partition coefficient (Wildman–Crippen LogP) is 5.25. The summed E-state index contributed by atoms with van der Waals surface area (Å²) in [5, 5.41) is 0. The van der Waals surface area contributed by atoms with E-state index in [0.29, 0.717) is 0 Å². The normalized spacial score (nSPS) is 12.1. The average molecular weight is 368 g/mol. The van der Waals surface area contributed by atoms with E-state index < -0.39 is 0 Å². The molecule has 1 aromatic carbocycles. The first-order valence-electron chi connectivity index (χ1n) is 7.52. The third kappa shape index (κ3) is 3.42. The van der Waals surface area contributed by atoms with Gasteiger partial charge in [0.1, 0.15) is 5.82 Å². The maximum Gasteiger partial charge on any atom is 0.115 e. The lowest BCUT2D eigenvalue weighted by molar-refractivity contribution is 0.743. The average Bonchev–Trinajstić information content (AvgIpc) is 3.03. The van der Waals surface area contributed by atoms with Gasteiger partial charge in [0.15, 0.2) is 0 Å². The molecule has 0 fully saturated rings. The summed E-state index contributed by atoms with van der Waals surface area (Å²) in [7, 11) is 0. The Morgan fingerprint density at radius 2 is 2.00 bits per heavy atom. The van der Waals surface area contributed by atoms with Crippen molar-refractivity contribution in [2.75, 3.05) is 0 Å². The van der Waals surface area contributed by atoms with Crippen LogP contribution in [-0.4, -0.2) is 15.0 Å². The van der Waals surface area contributed by atoms with E-state index in [4.69, 9.17) is 0 Å². The summed E-state index contributed by atoms with van der Waals surface area (Å²) in [4.78, 5) is 12.6. The number of aryl methyl sites for hydroxylation is 1. The zero-order chi connectivity index (χ0) is 16.2. The van der Waals surface area contributed by atoms with Crippen LogP contribution < -0.4 is 0 Å². The molecule has 1 unspecified atom stereocenters. The van der Waals surface area contributed by atoms with Crippen molar-refractivity contribution in [2.24, 2.45) is 0 Å². The highest BCUT2D eigenvalue weighted by Gasteiger charge is 2.18. The van der Waals surface area contributed by atoms with E-state index in [2.05, 4.69) is 55.7 Å². The number of pyridine rings is 1. The van der Waals surface area contributed by atoms with Crippen LogP contribution in [0.15, 0.2) is 65.9 Å². The minimum atomic E-state index is 0.0873.